The summed E-state index contributed by atoms with van der Waals surface area (Å²) in [5.74, 6) is -1.00. The van der Waals surface area contributed by atoms with Gasteiger partial charge < -0.3 is 19.3 Å². The van der Waals surface area contributed by atoms with Crippen molar-refractivity contribution in [3.8, 4) is 0 Å². The molecule has 4 rings (SSSR count). The molecule has 1 aliphatic rings. The van der Waals surface area contributed by atoms with Crippen LogP contribution in [-0.2, 0) is 20.8 Å². The van der Waals surface area contributed by atoms with Crippen LogP contribution >= 0.6 is 11.8 Å². The van der Waals surface area contributed by atoms with Crippen LogP contribution in [0.3, 0.4) is 0 Å². The van der Waals surface area contributed by atoms with Gasteiger partial charge in [-0.05, 0) is 29.8 Å². The Balaban J connectivity index is 1.47. The minimum absolute atomic E-state index is 0.0343. The number of carbonyl (C=O) groups excluding carboxylic acids is 2. The van der Waals surface area contributed by atoms with Crippen molar-refractivity contribution in [2.24, 2.45) is 0 Å². The molecular formula is C26H24O6S. The lowest BCUT2D eigenvalue weighted by atomic mass is 10.1. The summed E-state index contributed by atoms with van der Waals surface area (Å²) in [5, 5.41) is 10.2. The average molecular weight is 465 g/mol. The van der Waals surface area contributed by atoms with E-state index in [4.69, 9.17) is 14.2 Å². The average Bonchev–Trinajstić information content (AvgIpc) is 3.16. The first-order chi connectivity index (χ1) is 16.1. The summed E-state index contributed by atoms with van der Waals surface area (Å²) in [7, 11) is 0. The van der Waals surface area contributed by atoms with Crippen LogP contribution in [0.15, 0.2) is 91.0 Å². The molecule has 3 aromatic rings. The first-order valence-electron chi connectivity index (χ1n) is 10.6. The number of ether oxygens (including phenoxy) is 3. The van der Waals surface area contributed by atoms with E-state index >= 15 is 0 Å². The SMILES string of the molecule is O=C(OC[C@H]1SC(O)[C@@H](OCc2ccccc2)[C@H]1OC(=O)c1ccccc1)c1ccccc1. The Morgan fingerprint density at radius 3 is 1.91 bits per heavy atom. The number of esters is 2. The van der Waals surface area contributed by atoms with Gasteiger partial charge in [-0.1, -0.05) is 66.7 Å². The van der Waals surface area contributed by atoms with E-state index in [9.17, 15) is 14.7 Å². The number of carbonyl (C=O) groups is 2. The number of hydrogen-bond acceptors (Lipinski definition) is 7. The fraction of sp³-hybridized carbons (Fsp3) is 0.231. The van der Waals surface area contributed by atoms with Crippen LogP contribution in [0.2, 0.25) is 0 Å². The Morgan fingerprint density at radius 1 is 0.758 bits per heavy atom. The number of aliphatic hydroxyl groups is 1. The minimum atomic E-state index is -0.942. The fourth-order valence-electron chi connectivity index (χ4n) is 3.51. The number of hydrogen-bond donors (Lipinski definition) is 1. The van der Waals surface area contributed by atoms with Crippen molar-refractivity contribution >= 4 is 23.7 Å². The van der Waals surface area contributed by atoms with Gasteiger partial charge >= 0.3 is 11.9 Å². The zero-order valence-electron chi connectivity index (χ0n) is 17.8. The van der Waals surface area contributed by atoms with Crippen LogP contribution in [0, 0.1) is 0 Å². The minimum Gasteiger partial charge on any atom is -0.461 e. The van der Waals surface area contributed by atoms with Crippen molar-refractivity contribution < 1.29 is 28.9 Å². The number of benzene rings is 3. The van der Waals surface area contributed by atoms with Crippen LogP contribution in [0.4, 0.5) is 0 Å². The Bertz CT molecular complexity index is 1040. The van der Waals surface area contributed by atoms with Crippen molar-refractivity contribution in [1.29, 1.82) is 0 Å². The zero-order valence-corrected chi connectivity index (χ0v) is 18.6. The summed E-state index contributed by atoms with van der Waals surface area (Å²) in [5.41, 5.74) is 0.811. The highest BCUT2D eigenvalue weighted by Gasteiger charge is 2.47. The smallest absolute Gasteiger partial charge is 0.338 e. The maximum absolute atomic E-state index is 12.8. The highest BCUT2D eigenvalue weighted by atomic mass is 32.2. The van der Waals surface area contributed by atoms with Gasteiger partial charge in [-0.15, -0.1) is 11.8 Å². The number of rotatable bonds is 8. The summed E-state index contributed by atoms with van der Waals surface area (Å²) in [6.45, 7) is 0.215. The molecule has 4 atom stereocenters. The van der Waals surface area contributed by atoms with Crippen LogP contribution in [0.1, 0.15) is 26.3 Å². The van der Waals surface area contributed by atoms with E-state index in [1.54, 1.807) is 48.5 Å². The zero-order chi connectivity index (χ0) is 23.0. The van der Waals surface area contributed by atoms with Gasteiger partial charge in [0, 0.05) is 0 Å². The molecule has 0 aromatic heterocycles. The van der Waals surface area contributed by atoms with E-state index in [-0.39, 0.29) is 13.2 Å². The molecule has 0 aliphatic carbocycles. The second kappa shape index (κ2) is 11.1. The van der Waals surface area contributed by atoms with Crippen LogP contribution in [0.5, 0.6) is 0 Å². The predicted molar refractivity (Wildman–Crippen MR) is 125 cm³/mol. The van der Waals surface area contributed by atoms with E-state index in [0.717, 1.165) is 5.56 Å². The Hall–Kier alpha value is -3.13. The molecule has 33 heavy (non-hydrogen) atoms. The van der Waals surface area contributed by atoms with E-state index in [1.165, 1.54) is 11.8 Å². The van der Waals surface area contributed by atoms with Gasteiger partial charge in [-0.25, -0.2) is 9.59 Å². The van der Waals surface area contributed by atoms with Gasteiger partial charge in [0.05, 0.1) is 23.0 Å². The molecule has 7 heteroatoms. The fourth-order valence-corrected chi connectivity index (χ4v) is 4.77. The second-order valence-corrected chi connectivity index (χ2v) is 8.89. The van der Waals surface area contributed by atoms with E-state index < -0.39 is 34.8 Å². The number of thioether (sulfide) groups is 1. The van der Waals surface area contributed by atoms with Gasteiger partial charge in [-0.3, -0.25) is 0 Å². The number of aliphatic hydroxyl groups excluding tert-OH is 1. The quantitative estimate of drug-likeness (QED) is 0.503. The Kier molecular flexibility index (Phi) is 7.78. The summed E-state index contributed by atoms with van der Waals surface area (Å²) in [6, 6.07) is 26.8. The predicted octanol–water partition coefficient (Wildman–Crippen LogP) is 4.09. The Morgan fingerprint density at radius 2 is 1.30 bits per heavy atom. The largest absolute Gasteiger partial charge is 0.461 e. The molecule has 0 radical (unpaired) electrons. The van der Waals surface area contributed by atoms with E-state index in [1.807, 2.05) is 42.5 Å². The second-order valence-electron chi connectivity index (χ2n) is 7.53. The maximum Gasteiger partial charge on any atom is 0.338 e. The van der Waals surface area contributed by atoms with Crippen molar-refractivity contribution in [3.05, 3.63) is 108 Å². The summed E-state index contributed by atoms with van der Waals surface area (Å²) < 4.78 is 17.2. The maximum atomic E-state index is 12.8. The topological polar surface area (TPSA) is 82.1 Å². The molecule has 0 spiro atoms. The molecule has 0 amide bonds. The highest BCUT2D eigenvalue weighted by molar-refractivity contribution is 8.00. The molecule has 3 aromatic carbocycles. The molecule has 1 N–H and O–H groups in total. The first-order valence-corrected chi connectivity index (χ1v) is 11.5. The normalized spacial score (nSPS) is 22.0. The molecule has 6 nitrogen and oxygen atoms in total. The van der Waals surface area contributed by atoms with Crippen LogP contribution in [-0.4, -0.2) is 46.5 Å². The van der Waals surface area contributed by atoms with Crippen molar-refractivity contribution in [2.45, 2.75) is 29.5 Å². The molecule has 1 fully saturated rings. The molecule has 1 saturated heterocycles. The molecule has 170 valence electrons. The van der Waals surface area contributed by atoms with Gasteiger partial charge in [0.25, 0.3) is 0 Å². The van der Waals surface area contributed by atoms with Crippen molar-refractivity contribution in [2.75, 3.05) is 6.61 Å². The summed E-state index contributed by atoms with van der Waals surface area (Å²) in [6.07, 6.45) is -1.58. The molecule has 1 heterocycles. The lowest BCUT2D eigenvalue weighted by Crippen LogP contribution is -2.40. The third kappa shape index (κ3) is 6.01. The van der Waals surface area contributed by atoms with Crippen LogP contribution in [0.25, 0.3) is 0 Å². The highest BCUT2D eigenvalue weighted by Crippen LogP contribution is 2.38. The van der Waals surface area contributed by atoms with Gasteiger partial charge in [0.15, 0.2) is 0 Å². The van der Waals surface area contributed by atoms with Crippen molar-refractivity contribution in [1.82, 2.24) is 0 Å². The molecule has 0 saturated carbocycles. The summed E-state index contributed by atoms with van der Waals surface area (Å²) >= 11 is 1.17. The lowest BCUT2D eigenvalue weighted by molar-refractivity contribution is -0.0821. The van der Waals surface area contributed by atoms with Crippen molar-refractivity contribution in [3.63, 3.8) is 0 Å². The Labute approximate surface area is 196 Å². The van der Waals surface area contributed by atoms with Crippen LogP contribution < -0.4 is 0 Å². The van der Waals surface area contributed by atoms with Gasteiger partial charge in [-0.2, -0.15) is 0 Å². The third-order valence-electron chi connectivity index (χ3n) is 5.21. The monoisotopic (exact) mass is 464 g/mol. The lowest BCUT2D eigenvalue weighted by Gasteiger charge is -2.25. The molecular weight excluding hydrogens is 440 g/mol. The summed E-state index contributed by atoms with van der Waals surface area (Å²) in [4.78, 5) is 25.1. The van der Waals surface area contributed by atoms with Gasteiger partial charge in [0.2, 0.25) is 0 Å². The van der Waals surface area contributed by atoms with E-state index in [2.05, 4.69) is 0 Å². The standard InChI is InChI=1S/C26H24O6S/c27-24(19-12-6-2-7-13-19)31-17-21-22(32-25(28)20-14-8-3-9-15-20)23(26(29)33-21)30-16-18-10-4-1-5-11-18/h1-15,21-23,26,29H,16-17H2/t21-,22+,23+,26?/m1/s1. The first kappa shape index (κ1) is 23.0. The molecule has 1 aliphatic heterocycles. The third-order valence-corrected chi connectivity index (χ3v) is 6.51. The molecule has 0 bridgehead atoms. The van der Waals surface area contributed by atoms with Gasteiger partial charge in [0.1, 0.15) is 24.3 Å². The van der Waals surface area contributed by atoms with E-state index in [0.29, 0.717) is 11.1 Å². The molecule has 1 unspecified atom stereocenters.